The Bertz CT molecular complexity index is 1080. The van der Waals surface area contributed by atoms with Gasteiger partial charge in [0.15, 0.2) is 0 Å². The molecule has 0 saturated heterocycles. The van der Waals surface area contributed by atoms with Crippen LogP contribution in [0.2, 0.25) is 0 Å². The van der Waals surface area contributed by atoms with Gasteiger partial charge in [-0.2, -0.15) is 0 Å². The molecule has 0 N–H and O–H groups in total. The summed E-state index contributed by atoms with van der Waals surface area (Å²) in [5.74, 6) is 0.213. The second-order valence-corrected chi connectivity index (χ2v) is 7.73. The molecule has 0 unspecified atom stereocenters. The maximum absolute atomic E-state index is 12.8. The predicted molar refractivity (Wildman–Crippen MR) is 130 cm³/mol. The van der Waals surface area contributed by atoms with Crippen molar-refractivity contribution >= 4 is 18.0 Å². The second-order valence-electron chi connectivity index (χ2n) is 7.73. The summed E-state index contributed by atoms with van der Waals surface area (Å²) in [6.45, 7) is 1.05. The molecule has 0 saturated carbocycles. The van der Waals surface area contributed by atoms with Crippen molar-refractivity contribution in [2.45, 2.75) is 19.4 Å². The van der Waals surface area contributed by atoms with Crippen LogP contribution in [0, 0.1) is 0 Å². The van der Waals surface area contributed by atoms with E-state index in [0.29, 0.717) is 24.5 Å². The largest absolute Gasteiger partial charge is 0.488 e. The van der Waals surface area contributed by atoms with Gasteiger partial charge in [-0.1, -0.05) is 66.7 Å². The third-order valence-corrected chi connectivity index (χ3v) is 5.27. The maximum Gasteiger partial charge on any atom is 0.330 e. The first kappa shape index (κ1) is 23.8. The van der Waals surface area contributed by atoms with E-state index in [9.17, 15) is 9.59 Å². The van der Waals surface area contributed by atoms with Crippen LogP contribution in [0.25, 0.3) is 6.08 Å². The van der Waals surface area contributed by atoms with Gasteiger partial charge >= 0.3 is 5.97 Å². The summed E-state index contributed by atoms with van der Waals surface area (Å²) < 4.78 is 10.7. The Balaban J connectivity index is 1.68. The molecule has 5 heteroatoms. The van der Waals surface area contributed by atoms with Crippen molar-refractivity contribution in [1.29, 1.82) is 0 Å². The number of rotatable bonds is 10. The van der Waals surface area contributed by atoms with Crippen LogP contribution >= 0.6 is 0 Å². The van der Waals surface area contributed by atoms with Gasteiger partial charge in [0.2, 0.25) is 5.91 Å². The molecule has 1 amide bonds. The van der Waals surface area contributed by atoms with Gasteiger partial charge in [0.05, 0.1) is 13.5 Å². The summed E-state index contributed by atoms with van der Waals surface area (Å²) in [5, 5.41) is 0. The first-order valence-corrected chi connectivity index (χ1v) is 10.9. The van der Waals surface area contributed by atoms with E-state index in [-0.39, 0.29) is 12.3 Å². The van der Waals surface area contributed by atoms with Gasteiger partial charge in [0, 0.05) is 25.2 Å². The lowest BCUT2D eigenvalue weighted by Gasteiger charge is -2.18. The number of ether oxygens (including phenoxy) is 2. The van der Waals surface area contributed by atoms with Gasteiger partial charge < -0.3 is 14.4 Å². The van der Waals surface area contributed by atoms with Gasteiger partial charge in [-0.05, 0) is 41.3 Å². The summed E-state index contributed by atoms with van der Waals surface area (Å²) in [5.41, 5.74) is 3.81. The van der Waals surface area contributed by atoms with Crippen LogP contribution in [-0.2, 0) is 33.8 Å². The van der Waals surface area contributed by atoms with E-state index in [2.05, 4.69) is 12.1 Å². The quantitative estimate of drug-likeness (QED) is 0.337. The topological polar surface area (TPSA) is 55.8 Å². The van der Waals surface area contributed by atoms with Crippen LogP contribution in [0.1, 0.15) is 22.3 Å². The molecule has 33 heavy (non-hydrogen) atoms. The molecule has 3 rings (SSSR count). The van der Waals surface area contributed by atoms with Crippen molar-refractivity contribution < 1.29 is 19.1 Å². The Kier molecular flexibility index (Phi) is 8.83. The molecule has 170 valence electrons. The summed E-state index contributed by atoms with van der Waals surface area (Å²) in [6, 6.07) is 25.6. The van der Waals surface area contributed by atoms with Crippen molar-refractivity contribution in [1.82, 2.24) is 4.90 Å². The predicted octanol–water partition coefficient (Wildman–Crippen LogP) is 4.70. The highest BCUT2D eigenvalue weighted by Gasteiger charge is 2.12. The normalized spacial score (nSPS) is 10.7. The molecule has 0 aromatic heterocycles. The number of amides is 1. The van der Waals surface area contributed by atoms with Crippen LogP contribution in [0.3, 0.4) is 0 Å². The number of methoxy groups -OCH3 is 1. The Morgan fingerprint density at radius 3 is 2.21 bits per heavy atom. The lowest BCUT2D eigenvalue weighted by Crippen LogP contribution is -2.30. The molecule has 0 atom stereocenters. The number of nitrogens with zero attached hydrogens (tertiary/aromatic N) is 1. The van der Waals surface area contributed by atoms with Crippen LogP contribution in [0.4, 0.5) is 0 Å². The van der Waals surface area contributed by atoms with Crippen LogP contribution in [0.15, 0.2) is 84.9 Å². The van der Waals surface area contributed by atoms with Crippen molar-refractivity contribution in [3.05, 3.63) is 107 Å². The minimum Gasteiger partial charge on any atom is -0.488 e. The van der Waals surface area contributed by atoms with Gasteiger partial charge in [0.1, 0.15) is 12.4 Å². The smallest absolute Gasteiger partial charge is 0.330 e. The highest BCUT2D eigenvalue weighted by atomic mass is 16.5. The van der Waals surface area contributed by atoms with Gasteiger partial charge in [-0.3, -0.25) is 4.79 Å². The first-order chi connectivity index (χ1) is 16.0. The van der Waals surface area contributed by atoms with E-state index < -0.39 is 5.97 Å². The van der Waals surface area contributed by atoms with E-state index >= 15 is 0 Å². The fraction of sp³-hybridized carbons (Fsp3) is 0.214. The molecule has 0 aliphatic rings. The van der Waals surface area contributed by atoms with E-state index in [4.69, 9.17) is 9.47 Å². The number of hydrogen-bond donors (Lipinski definition) is 0. The molecule has 0 heterocycles. The fourth-order valence-corrected chi connectivity index (χ4v) is 3.31. The van der Waals surface area contributed by atoms with Crippen molar-refractivity contribution in [3.8, 4) is 5.75 Å². The summed E-state index contributed by atoms with van der Waals surface area (Å²) in [7, 11) is 3.15. The van der Waals surface area contributed by atoms with Crippen LogP contribution in [-0.4, -0.2) is 37.5 Å². The number of benzene rings is 3. The monoisotopic (exact) mass is 443 g/mol. The lowest BCUT2D eigenvalue weighted by molar-refractivity contribution is -0.134. The Labute approximate surface area is 195 Å². The second kappa shape index (κ2) is 12.2. The zero-order valence-corrected chi connectivity index (χ0v) is 19.1. The SMILES string of the molecule is COC(=O)/C=C\c1cc(CC(=O)N(C)CCc2ccccc2)ccc1OCc1ccccc1. The molecule has 0 spiro atoms. The van der Waals surface area contributed by atoms with Gasteiger partial charge in [0.25, 0.3) is 0 Å². The van der Waals surface area contributed by atoms with E-state index in [1.54, 1.807) is 11.0 Å². The third-order valence-electron chi connectivity index (χ3n) is 5.27. The van der Waals surface area contributed by atoms with Gasteiger partial charge in [-0.25, -0.2) is 4.79 Å². The highest BCUT2D eigenvalue weighted by molar-refractivity contribution is 5.87. The van der Waals surface area contributed by atoms with Gasteiger partial charge in [-0.15, -0.1) is 0 Å². The highest BCUT2D eigenvalue weighted by Crippen LogP contribution is 2.24. The van der Waals surface area contributed by atoms with Crippen molar-refractivity contribution in [2.75, 3.05) is 20.7 Å². The zero-order valence-electron chi connectivity index (χ0n) is 19.1. The molecule has 5 nitrogen and oxygen atoms in total. The molecule has 0 bridgehead atoms. The lowest BCUT2D eigenvalue weighted by atomic mass is 10.1. The molecule has 0 radical (unpaired) electrons. The number of hydrogen-bond acceptors (Lipinski definition) is 4. The molecular weight excluding hydrogens is 414 g/mol. The van der Waals surface area contributed by atoms with E-state index in [0.717, 1.165) is 17.5 Å². The zero-order chi connectivity index (χ0) is 23.5. The molecule has 0 fully saturated rings. The van der Waals surface area contributed by atoms with Crippen LogP contribution in [0.5, 0.6) is 5.75 Å². The number of esters is 1. The molecule has 3 aromatic carbocycles. The average molecular weight is 444 g/mol. The minimum absolute atomic E-state index is 0.0341. The molecular formula is C28H29NO4. The maximum atomic E-state index is 12.8. The Hall–Kier alpha value is -3.86. The summed E-state index contributed by atoms with van der Waals surface area (Å²) in [4.78, 5) is 26.1. The Morgan fingerprint density at radius 1 is 0.879 bits per heavy atom. The molecule has 0 aliphatic heterocycles. The molecule has 3 aromatic rings. The number of carbonyl (C=O) groups is 2. The number of likely N-dealkylation sites (N-methyl/N-ethyl adjacent to an activating group) is 1. The summed E-state index contributed by atoms with van der Waals surface area (Å²) in [6.07, 6.45) is 4.08. The Morgan fingerprint density at radius 2 is 1.55 bits per heavy atom. The minimum atomic E-state index is -0.453. The van der Waals surface area contributed by atoms with Crippen molar-refractivity contribution in [2.24, 2.45) is 0 Å². The number of carbonyl (C=O) groups excluding carboxylic acids is 2. The summed E-state index contributed by atoms with van der Waals surface area (Å²) >= 11 is 0. The first-order valence-electron chi connectivity index (χ1n) is 10.9. The average Bonchev–Trinajstić information content (AvgIpc) is 2.86. The third kappa shape index (κ3) is 7.65. The van der Waals surface area contributed by atoms with Crippen molar-refractivity contribution in [3.63, 3.8) is 0 Å². The fourth-order valence-electron chi connectivity index (χ4n) is 3.31. The van der Waals surface area contributed by atoms with E-state index in [1.165, 1.54) is 18.7 Å². The van der Waals surface area contributed by atoms with Crippen LogP contribution < -0.4 is 4.74 Å². The molecule has 0 aliphatic carbocycles. The van der Waals surface area contributed by atoms with E-state index in [1.807, 2.05) is 73.8 Å². The standard InChI is InChI=1S/C28H29NO4/c1-29(18-17-22-9-5-3-6-10-22)27(30)20-24-13-15-26(25(19-24)14-16-28(31)32-2)33-21-23-11-7-4-8-12-23/h3-16,19H,17-18,20-21H2,1-2H3/b16-14-.